The van der Waals surface area contributed by atoms with Gasteiger partial charge in [0.2, 0.25) is 0 Å². The monoisotopic (exact) mass is 278 g/mol. The van der Waals surface area contributed by atoms with Crippen LogP contribution in [0.1, 0.15) is 37.7 Å². The summed E-state index contributed by atoms with van der Waals surface area (Å²) < 4.78 is 1.42. The maximum Gasteiger partial charge on any atom is 0.0345 e. The van der Waals surface area contributed by atoms with Gasteiger partial charge in [0.05, 0.1) is 0 Å². The molecule has 0 spiro atoms. The Labute approximate surface area is 118 Å². The molecular formula is C16H19ClS. The van der Waals surface area contributed by atoms with Crippen LogP contribution in [0.2, 0.25) is 0 Å². The van der Waals surface area contributed by atoms with Crippen LogP contribution < -0.4 is 0 Å². The molecular weight excluding hydrogens is 260 g/mol. The van der Waals surface area contributed by atoms with Gasteiger partial charge in [-0.15, -0.1) is 22.9 Å². The van der Waals surface area contributed by atoms with Gasteiger partial charge >= 0.3 is 0 Å². The van der Waals surface area contributed by atoms with Crippen molar-refractivity contribution < 1.29 is 0 Å². The minimum absolute atomic E-state index is 0.405. The molecule has 0 saturated heterocycles. The fourth-order valence-corrected chi connectivity index (χ4v) is 4.47. The third-order valence-corrected chi connectivity index (χ3v) is 5.45. The summed E-state index contributed by atoms with van der Waals surface area (Å²) in [7, 11) is 0. The number of benzene rings is 1. The van der Waals surface area contributed by atoms with E-state index in [1.165, 1.54) is 54.2 Å². The van der Waals surface area contributed by atoms with Gasteiger partial charge in [0.15, 0.2) is 0 Å². The number of halogens is 1. The van der Waals surface area contributed by atoms with Crippen molar-refractivity contribution >= 4 is 33.0 Å². The highest BCUT2D eigenvalue weighted by Gasteiger charge is 2.19. The lowest BCUT2D eigenvalue weighted by Crippen LogP contribution is -2.08. The number of fused-ring (bicyclic) bond motifs is 1. The SMILES string of the molecule is ClC1CCCCC(Cc2csc3ccccc23)C1. The van der Waals surface area contributed by atoms with Crippen molar-refractivity contribution in [3.63, 3.8) is 0 Å². The maximum absolute atomic E-state index is 6.38. The second-order valence-corrected chi connectivity index (χ2v) is 6.97. The summed E-state index contributed by atoms with van der Waals surface area (Å²) in [5.74, 6) is 0.785. The molecule has 2 aromatic rings. The fraction of sp³-hybridized carbons (Fsp3) is 0.500. The second-order valence-electron chi connectivity index (χ2n) is 5.44. The molecule has 2 heteroatoms. The molecule has 18 heavy (non-hydrogen) atoms. The summed E-state index contributed by atoms with van der Waals surface area (Å²) in [6.45, 7) is 0. The number of thiophene rings is 1. The zero-order valence-corrected chi connectivity index (χ0v) is 12.1. The zero-order valence-electron chi connectivity index (χ0n) is 10.6. The first kappa shape index (κ1) is 12.5. The van der Waals surface area contributed by atoms with Gasteiger partial charge in [0.1, 0.15) is 0 Å². The van der Waals surface area contributed by atoms with E-state index in [4.69, 9.17) is 11.6 Å². The van der Waals surface area contributed by atoms with E-state index in [0.717, 1.165) is 5.92 Å². The normalized spacial score (nSPS) is 25.2. The van der Waals surface area contributed by atoms with Crippen LogP contribution in [0.25, 0.3) is 10.1 Å². The molecule has 0 bridgehead atoms. The van der Waals surface area contributed by atoms with Crippen molar-refractivity contribution in [1.82, 2.24) is 0 Å². The Kier molecular flexibility index (Phi) is 3.91. The Morgan fingerprint density at radius 1 is 1.17 bits per heavy atom. The van der Waals surface area contributed by atoms with E-state index in [-0.39, 0.29) is 0 Å². The van der Waals surface area contributed by atoms with Crippen LogP contribution in [0, 0.1) is 5.92 Å². The molecule has 96 valence electrons. The Bertz CT molecular complexity index is 517. The van der Waals surface area contributed by atoms with Gasteiger partial charge in [-0.05, 0) is 47.6 Å². The minimum Gasteiger partial charge on any atom is -0.144 e. The smallest absolute Gasteiger partial charge is 0.0345 e. The Hall–Kier alpha value is -0.530. The summed E-state index contributed by atoms with van der Waals surface area (Å²) in [5.41, 5.74) is 1.53. The van der Waals surface area contributed by atoms with Crippen LogP contribution in [0.4, 0.5) is 0 Å². The first-order valence-corrected chi connectivity index (χ1v) is 8.23. The van der Waals surface area contributed by atoms with Gasteiger partial charge in [-0.25, -0.2) is 0 Å². The standard InChI is InChI=1S/C16H19ClS/c17-14-6-2-1-5-12(10-14)9-13-11-18-16-8-4-3-7-15(13)16/h3-4,7-8,11-12,14H,1-2,5-6,9-10H2. The van der Waals surface area contributed by atoms with Crippen molar-refractivity contribution in [3.05, 3.63) is 35.2 Å². The summed E-state index contributed by atoms with van der Waals surface area (Å²) in [6.07, 6.45) is 7.65. The molecule has 3 rings (SSSR count). The lowest BCUT2D eigenvalue weighted by molar-refractivity contribution is 0.462. The first-order valence-electron chi connectivity index (χ1n) is 6.92. The molecule has 0 nitrogen and oxygen atoms in total. The highest BCUT2D eigenvalue weighted by atomic mass is 35.5. The van der Waals surface area contributed by atoms with Crippen molar-refractivity contribution in [3.8, 4) is 0 Å². The van der Waals surface area contributed by atoms with Crippen molar-refractivity contribution in [2.45, 2.75) is 43.9 Å². The molecule has 2 unspecified atom stereocenters. The number of hydrogen-bond donors (Lipinski definition) is 0. The van der Waals surface area contributed by atoms with Crippen LogP contribution in [-0.4, -0.2) is 5.38 Å². The molecule has 2 atom stereocenters. The Morgan fingerprint density at radius 2 is 2.00 bits per heavy atom. The molecule has 1 aromatic carbocycles. The Morgan fingerprint density at radius 3 is 2.94 bits per heavy atom. The highest BCUT2D eigenvalue weighted by molar-refractivity contribution is 7.17. The average molecular weight is 279 g/mol. The average Bonchev–Trinajstić information content (AvgIpc) is 2.66. The summed E-state index contributed by atoms with van der Waals surface area (Å²) in [4.78, 5) is 0. The van der Waals surface area contributed by atoms with Crippen molar-refractivity contribution in [1.29, 1.82) is 0 Å². The van der Waals surface area contributed by atoms with Gasteiger partial charge in [-0.2, -0.15) is 0 Å². The zero-order chi connectivity index (χ0) is 12.4. The predicted octanol–water partition coefficient (Wildman–Crippen LogP) is 5.63. The predicted molar refractivity (Wildman–Crippen MR) is 81.7 cm³/mol. The molecule has 1 aromatic heterocycles. The molecule has 1 aliphatic carbocycles. The molecule has 0 amide bonds. The minimum atomic E-state index is 0.405. The van der Waals surface area contributed by atoms with E-state index in [1.54, 1.807) is 0 Å². The van der Waals surface area contributed by atoms with Crippen LogP contribution >= 0.6 is 22.9 Å². The van der Waals surface area contributed by atoms with Gasteiger partial charge < -0.3 is 0 Å². The molecule has 0 aliphatic heterocycles. The fourth-order valence-electron chi connectivity index (χ4n) is 3.08. The van der Waals surface area contributed by atoms with Gasteiger partial charge in [0.25, 0.3) is 0 Å². The molecule has 1 heterocycles. The van der Waals surface area contributed by atoms with Crippen LogP contribution in [0.3, 0.4) is 0 Å². The number of rotatable bonds is 2. The molecule has 0 radical (unpaired) electrons. The molecule has 1 saturated carbocycles. The lowest BCUT2D eigenvalue weighted by Gasteiger charge is -2.15. The maximum atomic E-state index is 6.38. The number of hydrogen-bond acceptors (Lipinski definition) is 1. The quantitative estimate of drug-likeness (QED) is 0.493. The topological polar surface area (TPSA) is 0 Å². The first-order chi connectivity index (χ1) is 8.83. The summed E-state index contributed by atoms with van der Waals surface area (Å²) in [6, 6.07) is 8.76. The number of alkyl halides is 1. The second kappa shape index (κ2) is 5.63. The largest absolute Gasteiger partial charge is 0.144 e. The van der Waals surface area contributed by atoms with E-state index in [9.17, 15) is 0 Å². The van der Waals surface area contributed by atoms with Crippen molar-refractivity contribution in [2.24, 2.45) is 5.92 Å². The third kappa shape index (κ3) is 2.73. The van der Waals surface area contributed by atoms with E-state index in [0.29, 0.717) is 5.38 Å². The summed E-state index contributed by atoms with van der Waals surface area (Å²) >= 11 is 8.25. The van der Waals surface area contributed by atoms with E-state index >= 15 is 0 Å². The lowest BCUT2D eigenvalue weighted by atomic mass is 9.92. The van der Waals surface area contributed by atoms with Crippen LogP contribution in [0.15, 0.2) is 29.6 Å². The molecule has 1 fully saturated rings. The van der Waals surface area contributed by atoms with Crippen molar-refractivity contribution in [2.75, 3.05) is 0 Å². The molecule has 0 N–H and O–H groups in total. The molecule has 1 aliphatic rings. The highest BCUT2D eigenvalue weighted by Crippen LogP contribution is 2.33. The van der Waals surface area contributed by atoms with Gasteiger partial charge in [-0.3, -0.25) is 0 Å². The van der Waals surface area contributed by atoms with Crippen LogP contribution in [-0.2, 0) is 6.42 Å². The van der Waals surface area contributed by atoms with E-state index < -0.39 is 0 Å². The van der Waals surface area contributed by atoms with Gasteiger partial charge in [-0.1, -0.05) is 37.5 Å². The third-order valence-electron chi connectivity index (χ3n) is 4.04. The van der Waals surface area contributed by atoms with Gasteiger partial charge in [0, 0.05) is 10.1 Å². The van der Waals surface area contributed by atoms with E-state index in [2.05, 4.69) is 29.6 Å². The summed E-state index contributed by atoms with van der Waals surface area (Å²) in [5, 5.41) is 4.21. The Balaban J connectivity index is 1.79. The van der Waals surface area contributed by atoms with Crippen LogP contribution in [0.5, 0.6) is 0 Å². The van der Waals surface area contributed by atoms with E-state index in [1.807, 2.05) is 11.3 Å².